The molecule has 0 fully saturated rings. The third-order valence-corrected chi connectivity index (χ3v) is 6.34. The second kappa shape index (κ2) is 9.50. The van der Waals surface area contributed by atoms with Crippen LogP contribution in [0.1, 0.15) is 23.7 Å². The van der Waals surface area contributed by atoms with Crippen LogP contribution in [0.15, 0.2) is 55.1 Å². The normalized spacial score (nSPS) is 12.6. The van der Waals surface area contributed by atoms with Gasteiger partial charge in [-0.3, -0.25) is 9.69 Å². The molecule has 0 radical (unpaired) electrons. The molecule has 0 spiro atoms. The summed E-state index contributed by atoms with van der Waals surface area (Å²) in [5.74, 6) is 1.84. The summed E-state index contributed by atoms with van der Waals surface area (Å²) in [6.45, 7) is 4.73. The van der Waals surface area contributed by atoms with Crippen LogP contribution in [0.4, 0.5) is 5.13 Å². The molecule has 1 amide bonds. The molecular weight excluding hydrogens is 440 g/mol. The first-order valence-electron chi connectivity index (χ1n) is 10.9. The number of anilines is 1. The number of benzene rings is 2. The van der Waals surface area contributed by atoms with E-state index in [9.17, 15) is 4.79 Å². The van der Waals surface area contributed by atoms with Crippen LogP contribution in [0.3, 0.4) is 0 Å². The fourth-order valence-corrected chi connectivity index (χ4v) is 4.75. The summed E-state index contributed by atoms with van der Waals surface area (Å²) in [6, 6.07) is 11.2. The first-order chi connectivity index (χ1) is 16.2. The lowest BCUT2D eigenvalue weighted by Gasteiger charge is -2.22. The molecule has 0 N–H and O–H groups in total. The number of ether oxygens (including phenoxy) is 3. The summed E-state index contributed by atoms with van der Waals surface area (Å²) in [4.78, 5) is 24.3. The van der Waals surface area contributed by atoms with Gasteiger partial charge >= 0.3 is 0 Å². The highest BCUT2D eigenvalue weighted by Crippen LogP contribution is 2.36. The maximum atomic E-state index is 13.7. The minimum Gasteiger partial charge on any atom is -0.492 e. The van der Waals surface area contributed by atoms with E-state index in [0.29, 0.717) is 48.6 Å². The molecule has 0 bridgehead atoms. The van der Waals surface area contributed by atoms with E-state index in [1.165, 1.54) is 11.3 Å². The molecule has 1 aliphatic heterocycles. The Labute approximate surface area is 195 Å². The third-order valence-electron chi connectivity index (χ3n) is 5.29. The zero-order valence-corrected chi connectivity index (χ0v) is 19.1. The van der Waals surface area contributed by atoms with Crippen LogP contribution in [0.5, 0.6) is 17.2 Å². The van der Waals surface area contributed by atoms with Crippen LogP contribution in [0.2, 0.25) is 0 Å². The van der Waals surface area contributed by atoms with Crippen LogP contribution < -0.4 is 19.1 Å². The van der Waals surface area contributed by atoms with Crippen molar-refractivity contribution in [3.05, 3.63) is 60.7 Å². The maximum absolute atomic E-state index is 13.7. The molecule has 0 saturated carbocycles. The summed E-state index contributed by atoms with van der Waals surface area (Å²) < 4.78 is 20.0. The van der Waals surface area contributed by atoms with Gasteiger partial charge in [-0.25, -0.2) is 9.97 Å². The smallest absolute Gasteiger partial charge is 0.260 e. The van der Waals surface area contributed by atoms with Crippen molar-refractivity contribution < 1.29 is 19.0 Å². The van der Waals surface area contributed by atoms with E-state index in [1.54, 1.807) is 35.6 Å². The van der Waals surface area contributed by atoms with Crippen LogP contribution in [-0.4, -0.2) is 46.8 Å². The number of carbonyl (C=O) groups excluding carboxylic acids is 1. The highest BCUT2D eigenvalue weighted by molar-refractivity contribution is 7.22. The monoisotopic (exact) mass is 464 g/mol. The van der Waals surface area contributed by atoms with Crippen LogP contribution in [0, 0.1) is 0 Å². The first kappa shape index (κ1) is 21.3. The highest BCUT2D eigenvalue weighted by atomic mass is 32.1. The Morgan fingerprint density at radius 2 is 2.09 bits per heavy atom. The molecule has 2 aromatic carbocycles. The number of carbonyl (C=O) groups is 1. The first-order valence-corrected chi connectivity index (χ1v) is 11.7. The summed E-state index contributed by atoms with van der Waals surface area (Å²) >= 11 is 1.48. The lowest BCUT2D eigenvalue weighted by atomic mass is 10.1. The van der Waals surface area contributed by atoms with Gasteiger partial charge in [0.15, 0.2) is 16.6 Å². The Bertz CT molecular complexity index is 1250. The molecule has 5 rings (SSSR count). The van der Waals surface area contributed by atoms with Crippen LogP contribution >= 0.6 is 11.3 Å². The number of aryl methyl sites for hydroxylation is 1. The Kier molecular flexibility index (Phi) is 6.12. The van der Waals surface area contributed by atoms with Gasteiger partial charge < -0.3 is 18.8 Å². The molecule has 8 nitrogen and oxygen atoms in total. The zero-order valence-electron chi connectivity index (χ0n) is 18.3. The van der Waals surface area contributed by atoms with E-state index in [1.807, 2.05) is 35.9 Å². The molecule has 1 aliphatic rings. The fourth-order valence-electron chi connectivity index (χ4n) is 3.75. The van der Waals surface area contributed by atoms with Crippen molar-refractivity contribution in [2.45, 2.75) is 19.9 Å². The SMILES string of the molecule is CCOc1cccc2sc(N(CCCn3ccnc3)C(=O)c3ccc4c(c3)OCCO4)nc12. The lowest BCUT2D eigenvalue weighted by molar-refractivity contribution is 0.0985. The number of para-hydroxylation sites is 1. The van der Waals surface area contributed by atoms with E-state index in [0.717, 1.165) is 28.9 Å². The van der Waals surface area contributed by atoms with E-state index >= 15 is 0 Å². The minimum absolute atomic E-state index is 0.130. The molecule has 3 heterocycles. The predicted octanol–water partition coefficient (Wildman–Crippen LogP) is 4.40. The number of nitrogens with zero attached hydrogens (tertiary/aromatic N) is 4. The Morgan fingerprint density at radius 3 is 2.91 bits per heavy atom. The van der Waals surface area contributed by atoms with Gasteiger partial charge in [0.25, 0.3) is 5.91 Å². The number of aromatic nitrogens is 3. The van der Waals surface area contributed by atoms with Crippen molar-refractivity contribution in [2.75, 3.05) is 31.3 Å². The molecule has 33 heavy (non-hydrogen) atoms. The van der Waals surface area contributed by atoms with Crippen molar-refractivity contribution in [1.29, 1.82) is 0 Å². The Hall–Kier alpha value is -3.59. The fraction of sp³-hybridized carbons (Fsp3) is 0.292. The van der Waals surface area contributed by atoms with Gasteiger partial charge in [0.1, 0.15) is 24.5 Å². The van der Waals surface area contributed by atoms with Crippen LogP contribution in [-0.2, 0) is 6.54 Å². The molecular formula is C24H24N4O4S. The van der Waals surface area contributed by atoms with E-state index in [-0.39, 0.29) is 5.91 Å². The van der Waals surface area contributed by atoms with Gasteiger partial charge in [0, 0.05) is 31.0 Å². The number of hydrogen-bond acceptors (Lipinski definition) is 7. The van der Waals surface area contributed by atoms with Gasteiger partial charge in [-0.05, 0) is 43.7 Å². The topological polar surface area (TPSA) is 78.7 Å². The molecule has 9 heteroatoms. The van der Waals surface area contributed by atoms with Gasteiger partial charge in [-0.2, -0.15) is 0 Å². The number of imidazole rings is 1. The molecule has 0 aliphatic carbocycles. The second-order valence-electron chi connectivity index (χ2n) is 7.50. The lowest BCUT2D eigenvalue weighted by Crippen LogP contribution is -2.32. The summed E-state index contributed by atoms with van der Waals surface area (Å²) in [6.07, 6.45) is 6.19. The van der Waals surface area contributed by atoms with Gasteiger partial charge in [-0.15, -0.1) is 0 Å². The highest BCUT2D eigenvalue weighted by Gasteiger charge is 2.24. The standard InChI is InChI=1S/C24H24N4O4S/c1-2-30-19-5-3-6-21-22(19)26-24(33-21)28(11-4-10-27-12-9-25-16-27)23(29)17-7-8-18-20(15-17)32-14-13-31-18/h3,5-9,12,15-16H,2,4,10-11,13-14H2,1H3. The predicted molar refractivity (Wildman–Crippen MR) is 127 cm³/mol. The molecule has 4 aromatic rings. The Balaban J connectivity index is 1.46. The molecule has 170 valence electrons. The Morgan fingerprint density at radius 1 is 1.21 bits per heavy atom. The second-order valence-corrected chi connectivity index (χ2v) is 8.51. The summed E-state index contributed by atoms with van der Waals surface area (Å²) in [7, 11) is 0. The molecule has 0 atom stereocenters. The average molecular weight is 465 g/mol. The molecule has 2 aromatic heterocycles. The quantitative estimate of drug-likeness (QED) is 0.385. The van der Waals surface area contributed by atoms with Gasteiger partial charge in [-0.1, -0.05) is 17.4 Å². The zero-order chi connectivity index (χ0) is 22.6. The van der Waals surface area contributed by atoms with Crippen molar-refractivity contribution in [3.63, 3.8) is 0 Å². The van der Waals surface area contributed by atoms with Crippen molar-refractivity contribution in [2.24, 2.45) is 0 Å². The van der Waals surface area contributed by atoms with Gasteiger partial charge in [0.2, 0.25) is 0 Å². The number of fused-ring (bicyclic) bond motifs is 2. The number of hydrogen-bond donors (Lipinski definition) is 0. The van der Waals surface area contributed by atoms with E-state index in [2.05, 4.69) is 4.98 Å². The van der Waals surface area contributed by atoms with Crippen molar-refractivity contribution in [1.82, 2.24) is 14.5 Å². The van der Waals surface area contributed by atoms with E-state index in [4.69, 9.17) is 19.2 Å². The van der Waals surface area contributed by atoms with Crippen molar-refractivity contribution in [3.8, 4) is 17.2 Å². The largest absolute Gasteiger partial charge is 0.492 e. The molecule has 0 unspecified atom stereocenters. The number of amides is 1. The number of rotatable bonds is 8. The summed E-state index contributed by atoms with van der Waals surface area (Å²) in [5.41, 5.74) is 1.31. The maximum Gasteiger partial charge on any atom is 0.260 e. The average Bonchev–Trinajstić information content (AvgIpc) is 3.52. The third kappa shape index (κ3) is 4.49. The number of thiazole rings is 1. The van der Waals surface area contributed by atoms with Crippen molar-refractivity contribution >= 4 is 32.6 Å². The van der Waals surface area contributed by atoms with E-state index < -0.39 is 0 Å². The minimum atomic E-state index is -0.130. The van der Waals surface area contributed by atoms with Gasteiger partial charge in [0.05, 0.1) is 17.6 Å². The van der Waals surface area contributed by atoms with Crippen LogP contribution in [0.25, 0.3) is 10.2 Å². The summed E-state index contributed by atoms with van der Waals surface area (Å²) in [5, 5.41) is 0.641. The molecule has 0 saturated heterocycles.